The molecule has 1 amide bonds. The summed E-state index contributed by atoms with van der Waals surface area (Å²) in [5.74, 6) is -4.86. The van der Waals surface area contributed by atoms with Crippen LogP contribution in [0.5, 0.6) is 5.75 Å². The van der Waals surface area contributed by atoms with Crippen LogP contribution in [0.1, 0.15) is 23.1 Å². The first-order chi connectivity index (χ1) is 19.4. The summed E-state index contributed by atoms with van der Waals surface area (Å²) in [5.41, 5.74) is 8.22. The summed E-state index contributed by atoms with van der Waals surface area (Å²) in [4.78, 5) is 30.4. The molecule has 3 aliphatic rings. The number of nitrogens with zero attached hydrogens (tertiary/aromatic N) is 2. The fourth-order valence-corrected chi connectivity index (χ4v) is 7.30. The van der Waals surface area contributed by atoms with Gasteiger partial charge in [0.15, 0.2) is 5.78 Å². The number of phenolic OH excluding ortho intramolecular Hbond substituents is 1. The van der Waals surface area contributed by atoms with Crippen molar-refractivity contribution in [1.29, 1.82) is 0 Å². The average Bonchev–Trinajstić information content (AvgIpc) is 2.88. The zero-order valence-corrected chi connectivity index (χ0v) is 23.7. The lowest BCUT2D eigenvalue weighted by molar-refractivity contribution is -0.127. The number of phenols is 1. The lowest BCUT2D eigenvalue weighted by atomic mass is 9.56. The molecule has 0 aromatic heterocycles. The van der Waals surface area contributed by atoms with Crippen LogP contribution in [0.25, 0.3) is 16.9 Å². The molecule has 0 bridgehead atoms. The van der Waals surface area contributed by atoms with Gasteiger partial charge in [0.05, 0.1) is 17.2 Å². The van der Waals surface area contributed by atoms with Crippen molar-refractivity contribution in [2.24, 2.45) is 29.4 Å². The summed E-state index contributed by atoms with van der Waals surface area (Å²) >= 11 is 0. The molecular formula is C32H36FN3O5. The van der Waals surface area contributed by atoms with Gasteiger partial charge >= 0.3 is 0 Å². The molecule has 1 saturated carbocycles. The molecule has 5 N–H and O–H groups in total. The normalized spacial score (nSPS) is 25.7. The molecule has 0 spiro atoms. The van der Waals surface area contributed by atoms with Gasteiger partial charge in [-0.05, 0) is 87.8 Å². The van der Waals surface area contributed by atoms with Gasteiger partial charge in [-0.2, -0.15) is 0 Å². The van der Waals surface area contributed by atoms with Gasteiger partial charge in [0.25, 0.3) is 0 Å². The first kappa shape index (κ1) is 28.6. The van der Waals surface area contributed by atoms with Crippen molar-refractivity contribution in [3.05, 3.63) is 82.4 Å². The number of fused-ring (bicyclic) bond motifs is 3. The Hall–Kier alpha value is -3.95. The van der Waals surface area contributed by atoms with E-state index in [2.05, 4.69) is 6.58 Å². The third kappa shape index (κ3) is 4.53. The fourth-order valence-electron chi connectivity index (χ4n) is 7.30. The Labute approximate surface area is 238 Å². The molecular weight excluding hydrogens is 525 g/mol. The molecule has 0 aliphatic heterocycles. The summed E-state index contributed by atoms with van der Waals surface area (Å²) < 4.78 is 15.3. The number of carbonyl (C=O) groups excluding carboxylic acids is 2. The average molecular weight is 562 g/mol. The number of aliphatic hydroxyl groups is 2. The number of allylic oxidation sites excluding steroid dienone is 2. The largest absolute Gasteiger partial charge is 0.510 e. The van der Waals surface area contributed by atoms with Crippen LogP contribution in [0, 0.1) is 29.5 Å². The second kappa shape index (κ2) is 10.5. The van der Waals surface area contributed by atoms with Crippen LogP contribution in [0.15, 0.2) is 59.9 Å². The number of rotatable bonds is 6. The monoisotopic (exact) mass is 561 g/mol. The van der Waals surface area contributed by atoms with Crippen molar-refractivity contribution in [1.82, 2.24) is 9.80 Å². The topological polar surface area (TPSA) is 127 Å². The smallest absolute Gasteiger partial charge is 0.248 e. The molecule has 0 saturated heterocycles. The maximum absolute atomic E-state index is 15.3. The minimum atomic E-state index is -0.836. The highest BCUT2D eigenvalue weighted by Gasteiger charge is 2.55. The van der Waals surface area contributed by atoms with Crippen LogP contribution in [0.3, 0.4) is 0 Å². The number of benzene rings is 2. The van der Waals surface area contributed by atoms with E-state index in [1.807, 2.05) is 19.0 Å². The lowest BCUT2D eigenvalue weighted by Gasteiger charge is -2.49. The van der Waals surface area contributed by atoms with Crippen LogP contribution in [-0.2, 0) is 22.6 Å². The van der Waals surface area contributed by atoms with Crippen LogP contribution < -0.4 is 5.73 Å². The first-order valence-corrected chi connectivity index (χ1v) is 13.6. The Morgan fingerprint density at radius 2 is 1.83 bits per heavy atom. The second-order valence-electron chi connectivity index (χ2n) is 11.8. The first-order valence-electron chi connectivity index (χ1n) is 13.6. The maximum Gasteiger partial charge on any atom is 0.248 e. The molecule has 2 aromatic rings. The SMILES string of the molecule is C=CC1C(C(N)=O)=C(O)[C@@H](N(C)C)C2CC3Cc4c(-c5cc(CN(C)C)ccc5F)ccc(O)c4C(O)=C3C(=O)C12. The quantitative estimate of drug-likeness (QED) is 0.394. The van der Waals surface area contributed by atoms with Gasteiger partial charge in [0.1, 0.15) is 23.1 Å². The number of nitrogens with two attached hydrogens (primary N) is 1. The molecule has 2 aromatic carbocycles. The molecule has 8 nitrogen and oxygen atoms in total. The van der Waals surface area contributed by atoms with Gasteiger partial charge in [0.2, 0.25) is 5.91 Å². The summed E-state index contributed by atoms with van der Waals surface area (Å²) in [6.07, 6.45) is 2.12. The summed E-state index contributed by atoms with van der Waals surface area (Å²) in [7, 11) is 7.36. The van der Waals surface area contributed by atoms with E-state index in [1.165, 1.54) is 18.2 Å². The van der Waals surface area contributed by atoms with Crippen molar-refractivity contribution in [2.45, 2.75) is 25.4 Å². The third-order valence-electron chi connectivity index (χ3n) is 8.81. The molecule has 0 heterocycles. The fraction of sp³-hybridized carbons (Fsp3) is 0.375. The third-order valence-corrected chi connectivity index (χ3v) is 8.81. The Morgan fingerprint density at radius 3 is 2.44 bits per heavy atom. The van der Waals surface area contributed by atoms with Gasteiger partial charge < -0.3 is 26.0 Å². The number of carbonyl (C=O) groups is 2. The molecule has 216 valence electrons. The number of hydrogen-bond acceptors (Lipinski definition) is 7. The van der Waals surface area contributed by atoms with Crippen molar-refractivity contribution in [3.8, 4) is 16.9 Å². The second-order valence-corrected chi connectivity index (χ2v) is 11.8. The predicted octanol–water partition coefficient (Wildman–Crippen LogP) is 3.95. The van der Waals surface area contributed by atoms with E-state index < -0.39 is 41.4 Å². The highest BCUT2D eigenvalue weighted by Crippen LogP contribution is 2.54. The van der Waals surface area contributed by atoms with Crippen molar-refractivity contribution >= 4 is 17.4 Å². The zero-order valence-electron chi connectivity index (χ0n) is 23.7. The summed E-state index contributed by atoms with van der Waals surface area (Å²) in [6, 6.07) is 7.30. The maximum atomic E-state index is 15.3. The molecule has 1 fully saturated rings. The highest BCUT2D eigenvalue weighted by atomic mass is 19.1. The van der Waals surface area contributed by atoms with Crippen molar-refractivity contribution in [3.63, 3.8) is 0 Å². The van der Waals surface area contributed by atoms with E-state index in [9.17, 15) is 24.9 Å². The number of halogens is 1. The molecule has 5 rings (SSSR count). The van der Waals surface area contributed by atoms with E-state index in [4.69, 9.17) is 5.73 Å². The molecule has 0 radical (unpaired) electrons. The molecule has 3 aliphatic carbocycles. The number of aromatic hydroxyl groups is 1. The van der Waals surface area contributed by atoms with E-state index in [0.29, 0.717) is 29.7 Å². The zero-order chi connectivity index (χ0) is 29.9. The molecule has 9 heteroatoms. The number of primary amides is 1. The van der Waals surface area contributed by atoms with Crippen LogP contribution >= 0.6 is 0 Å². The van der Waals surface area contributed by atoms with Crippen LogP contribution in [0.4, 0.5) is 4.39 Å². The predicted molar refractivity (Wildman–Crippen MR) is 154 cm³/mol. The van der Waals surface area contributed by atoms with Gasteiger partial charge in [0, 0.05) is 29.5 Å². The summed E-state index contributed by atoms with van der Waals surface area (Å²) in [5, 5.41) is 33.7. The van der Waals surface area contributed by atoms with Gasteiger partial charge in [-0.3, -0.25) is 14.5 Å². The minimum absolute atomic E-state index is 0.0544. The number of ketones is 1. The van der Waals surface area contributed by atoms with Gasteiger partial charge in [-0.15, -0.1) is 6.58 Å². The van der Waals surface area contributed by atoms with Gasteiger partial charge in [-0.1, -0.05) is 18.2 Å². The minimum Gasteiger partial charge on any atom is -0.510 e. The van der Waals surface area contributed by atoms with E-state index in [-0.39, 0.29) is 46.2 Å². The number of hydrogen-bond donors (Lipinski definition) is 4. The molecule has 41 heavy (non-hydrogen) atoms. The van der Waals surface area contributed by atoms with Gasteiger partial charge in [-0.25, -0.2) is 4.39 Å². The molecule has 4 unspecified atom stereocenters. The van der Waals surface area contributed by atoms with E-state index >= 15 is 4.39 Å². The molecule has 5 atom stereocenters. The van der Waals surface area contributed by atoms with E-state index in [1.54, 1.807) is 37.2 Å². The van der Waals surface area contributed by atoms with Crippen LogP contribution in [0.2, 0.25) is 0 Å². The number of Topliss-reactive ketones (excluding diaryl/α,β-unsaturated/α-hetero) is 1. The number of amides is 1. The Bertz CT molecular complexity index is 1530. The van der Waals surface area contributed by atoms with Crippen molar-refractivity contribution in [2.75, 3.05) is 28.2 Å². The van der Waals surface area contributed by atoms with Crippen LogP contribution in [-0.4, -0.2) is 71.0 Å². The Balaban J connectivity index is 1.68. The van der Waals surface area contributed by atoms with Crippen molar-refractivity contribution < 1.29 is 29.3 Å². The van der Waals surface area contributed by atoms with E-state index in [0.717, 1.165) is 5.56 Å². The highest BCUT2D eigenvalue weighted by molar-refractivity contribution is 6.07. The lowest BCUT2D eigenvalue weighted by Crippen LogP contribution is -2.54. The standard InChI is InChI=1S/C32H36FN3O5/c1-6-17-25-21(28(36(4)5)31(40)27(17)32(34)41)13-16-12-20-18(19-11-15(14-35(2)3)7-9-22(19)33)8-10-23(37)26(20)30(39)24(16)29(25)38/h6-11,16-17,21,25,28,37,39-40H,1,12-14H2,2-5H3,(H2,34,41)/t16?,17?,21?,25?,28-/m0/s1. The number of likely N-dealkylation sites (N-methyl/N-ethyl adjacent to an activating group) is 1. The summed E-state index contributed by atoms with van der Waals surface area (Å²) in [6.45, 7) is 4.42. The number of aliphatic hydroxyl groups excluding tert-OH is 2. The Morgan fingerprint density at radius 1 is 1.12 bits per heavy atom. The Kier molecular flexibility index (Phi) is 7.29.